The third-order valence-electron chi connectivity index (χ3n) is 3.49. The maximum atomic E-state index is 12.1. The summed E-state index contributed by atoms with van der Waals surface area (Å²) in [6, 6.07) is 13.9. The van der Waals surface area contributed by atoms with E-state index in [-0.39, 0.29) is 17.9 Å². The normalized spacial score (nSPS) is 11.4. The first-order valence-electron chi connectivity index (χ1n) is 7.32. The Morgan fingerprint density at radius 1 is 1.09 bits per heavy atom. The molecule has 5 nitrogen and oxygen atoms in total. The van der Waals surface area contributed by atoms with Crippen LogP contribution in [-0.2, 0) is 0 Å². The van der Waals surface area contributed by atoms with Crippen molar-refractivity contribution in [3.05, 3.63) is 59.7 Å². The number of amides is 2. The third kappa shape index (κ3) is 4.57. The Balaban J connectivity index is 1.98. The summed E-state index contributed by atoms with van der Waals surface area (Å²) in [5.74, 6) is 0.729. The van der Waals surface area contributed by atoms with Crippen molar-refractivity contribution in [3.8, 4) is 5.75 Å². The molecular formula is C18H20N2O3. The second-order valence-corrected chi connectivity index (χ2v) is 5.23. The van der Waals surface area contributed by atoms with Crippen LogP contribution in [0.2, 0.25) is 0 Å². The number of rotatable bonds is 5. The molecule has 0 aliphatic heterocycles. The summed E-state index contributed by atoms with van der Waals surface area (Å²) in [4.78, 5) is 23.4. The standard InChI is InChI=1S/C18H20N2O3/c1-12(14-7-9-17(23-3)10-8-14)19-18(22)20-16-6-4-5-15(11-16)13(2)21/h4-12H,1-3H3,(H2,19,20,22)/t12-/m1/s1. The van der Waals surface area contributed by atoms with Gasteiger partial charge in [-0.3, -0.25) is 4.79 Å². The van der Waals surface area contributed by atoms with Crippen molar-refractivity contribution in [2.45, 2.75) is 19.9 Å². The monoisotopic (exact) mass is 312 g/mol. The van der Waals surface area contributed by atoms with Gasteiger partial charge >= 0.3 is 6.03 Å². The zero-order chi connectivity index (χ0) is 16.8. The van der Waals surface area contributed by atoms with E-state index in [0.717, 1.165) is 11.3 Å². The highest BCUT2D eigenvalue weighted by Gasteiger charge is 2.10. The Labute approximate surface area is 135 Å². The van der Waals surface area contributed by atoms with E-state index in [2.05, 4.69) is 10.6 Å². The summed E-state index contributed by atoms with van der Waals surface area (Å²) in [6.45, 7) is 3.39. The molecule has 0 spiro atoms. The lowest BCUT2D eigenvalue weighted by atomic mass is 10.1. The van der Waals surface area contributed by atoms with Crippen LogP contribution in [0.15, 0.2) is 48.5 Å². The average Bonchev–Trinajstić information content (AvgIpc) is 2.55. The van der Waals surface area contributed by atoms with Crippen LogP contribution in [0.25, 0.3) is 0 Å². The number of carbonyl (C=O) groups is 2. The number of ketones is 1. The van der Waals surface area contributed by atoms with E-state index in [1.54, 1.807) is 31.4 Å². The fourth-order valence-electron chi connectivity index (χ4n) is 2.16. The van der Waals surface area contributed by atoms with Crippen molar-refractivity contribution in [2.75, 3.05) is 12.4 Å². The predicted octanol–water partition coefficient (Wildman–Crippen LogP) is 3.78. The van der Waals surface area contributed by atoms with Crippen LogP contribution in [0.1, 0.15) is 35.8 Å². The molecule has 2 amide bonds. The molecule has 0 bridgehead atoms. The maximum Gasteiger partial charge on any atom is 0.319 e. The summed E-state index contributed by atoms with van der Waals surface area (Å²) in [5.41, 5.74) is 2.11. The molecule has 0 aliphatic carbocycles. The van der Waals surface area contributed by atoms with Gasteiger partial charge in [-0.15, -0.1) is 0 Å². The number of urea groups is 1. The van der Waals surface area contributed by atoms with Gasteiger partial charge in [0.15, 0.2) is 5.78 Å². The Hall–Kier alpha value is -2.82. The minimum absolute atomic E-state index is 0.0411. The number of hydrogen-bond acceptors (Lipinski definition) is 3. The molecule has 0 saturated heterocycles. The molecule has 2 N–H and O–H groups in total. The van der Waals surface area contributed by atoms with Gasteiger partial charge in [-0.25, -0.2) is 4.79 Å². The lowest BCUT2D eigenvalue weighted by Gasteiger charge is -2.15. The first-order chi connectivity index (χ1) is 11.0. The molecule has 2 aromatic carbocycles. The minimum Gasteiger partial charge on any atom is -0.497 e. The Kier molecular flexibility index (Phi) is 5.36. The van der Waals surface area contributed by atoms with Gasteiger partial charge in [0.05, 0.1) is 13.2 Å². The summed E-state index contributed by atoms with van der Waals surface area (Å²) in [5, 5.41) is 5.59. The van der Waals surface area contributed by atoms with Gasteiger partial charge in [0, 0.05) is 11.3 Å². The van der Waals surface area contributed by atoms with Crippen molar-refractivity contribution >= 4 is 17.5 Å². The number of benzene rings is 2. The van der Waals surface area contributed by atoms with Gasteiger partial charge < -0.3 is 15.4 Å². The third-order valence-corrected chi connectivity index (χ3v) is 3.49. The van der Waals surface area contributed by atoms with E-state index in [1.807, 2.05) is 31.2 Å². The molecule has 23 heavy (non-hydrogen) atoms. The summed E-state index contributed by atoms with van der Waals surface area (Å²) in [6.07, 6.45) is 0. The van der Waals surface area contributed by atoms with E-state index in [4.69, 9.17) is 4.74 Å². The van der Waals surface area contributed by atoms with Crippen LogP contribution in [-0.4, -0.2) is 18.9 Å². The van der Waals surface area contributed by atoms with E-state index in [9.17, 15) is 9.59 Å². The quantitative estimate of drug-likeness (QED) is 0.826. The Morgan fingerprint density at radius 2 is 1.78 bits per heavy atom. The lowest BCUT2D eigenvalue weighted by molar-refractivity contribution is 0.101. The molecule has 0 aromatic heterocycles. The summed E-state index contributed by atoms with van der Waals surface area (Å²) >= 11 is 0. The molecule has 0 saturated carbocycles. The molecule has 0 aliphatic rings. The van der Waals surface area contributed by atoms with Crippen molar-refractivity contribution < 1.29 is 14.3 Å². The highest BCUT2D eigenvalue weighted by Crippen LogP contribution is 2.17. The molecule has 2 aromatic rings. The molecule has 2 rings (SSSR count). The zero-order valence-corrected chi connectivity index (χ0v) is 13.4. The molecule has 5 heteroatoms. The van der Waals surface area contributed by atoms with Gasteiger partial charge in [0.1, 0.15) is 5.75 Å². The first-order valence-corrected chi connectivity index (χ1v) is 7.32. The van der Waals surface area contributed by atoms with Crippen molar-refractivity contribution in [1.29, 1.82) is 0 Å². The highest BCUT2D eigenvalue weighted by molar-refractivity contribution is 5.96. The topological polar surface area (TPSA) is 67.4 Å². The first kappa shape index (κ1) is 16.5. The summed E-state index contributed by atoms with van der Waals surface area (Å²) < 4.78 is 5.11. The zero-order valence-electron chi connectivity index (χ0n) is 13.4. The van der Waals surface area contributed by atoms with Gasteiger partial charge in [0.2, 0.25) is 0 Å². The number of carbonyl (C=O) groups excluding carboxylic acids is 2. The molecule has 0 heterocycles. The number of anilines is 1. The van der Waals surface area contributed by atoms with E-state index < -0.39 is 0 Å². The number of hydrogen-bond donors (Lipinski definition) is 2. The number of ether oxygens (including phenoxy) is 1. The van der Waals surface area contributed by atoms with Crippen LogP contribution in [0.3, 0.4) is 0 Å². The van der Waals surface area contributed by atoms with Crippen LogP contribution in [0.5, 0.6) is 5.75 Å². The lowest BCUT2D eigenvalue weighted by Crippen LogP contribution is -2.31. The number of methoxy groups -OCH3 is 1. The van der Waals surface area contributed by atoms with E-state index in [0.29, 0.717) is 11.3 Å². The van der Waals surface area contributed by atoms with Crippen LogP contribution >= 0.6 is 0 Å². The average molecular weight is 312 g/mol. The summed E-state index contributed by atoms with van der Waals surface area (Å²) in [7, 11) is 1.61. The van der Waals surface area contributed by atoms with Crippen molar-refractivity contribution in [3.63, 3.8) is 0 Å². The van der Waals surface area contributed by atoms with Gasteiger partial charge in [-0.1, -0.05) is 24.3 Å². The molecule has 120 valence electrons. The maximum absolute atomic E-state index is 12.1. The molecule has 0 unspecified atom stereocenters. The van der Waals surface area contributed by atoms with Gasteiger partial charge in [-0.2, -0.15) is 0 Å². The van der Waals surface area contributed by atoms with E-state index >= 15 is 0 Å². The number of nitrogens with one attached hydrogen (secondary N) is 2. The Morgan fingerprint density at radius 3 is 2.39 bits per heavy atom. The minimum atomic E-state index is -0.325. The van der Waals surface area contributed by atoms with Crippen LogP contribution in [0, 0.1) is 0 Å². The smallest absolute Gasteiger partial charge is 0.319 e. The SMILES string of the molecule is COc1ccc([C@@H](C)NC(=O)Nc2cccc(C(C)=O)c2)cc1. The molecule has 0 fully saturated rings. The van der Waals surface area contributed by atoms with E-state index in [1.165, 1.54) is 6.92 Å². The van der Waals surface area contributed by atoms with Crippen LogP contribution < -0.4 is 15.4 Å². The fraction of sp³-hybridized carbons (Fsp3) is 0.222. The van der Waals surface area contributed by atoms with Gasteiger partial charge in [-0.05, 0) is 43.7 Å². The van der Waals surface area contributed by atoms with Crippen molar-refractivity contribution in [2.24, 2.45) is 0 Å². The number of Topliss-reactive ketones (excluding diaryl/α,β-unsaturated/α-hetero) is 1. The molecule has 0 radical (unpaired) electrons. The largest absolute Gasteiger partial charge is 0.497 e. The second-order valence-electron chi connectivity index (χ2n) is 5.23. The van der Waals surface area contributed by atoms with Crippen molar-refractivity contribution in [1.82, 2.24) is 5.32 Å². The predicted molar refractivity (Wildman–Crippen MR) is 90.0 cm³/mol. The second kappa shape index (κ2) is 7.45. The molecular weight excluding hydrogens is 292 g/mol. The Bertz CT molecular complexity index is 696. The fourth-order valence-corrected chi connectivity index (χ4v) is 2.16. The van der Waals surface area contributed by atoms with Gasteiger partial charge in [0.25, 0.3) is 0 Å². The highest BCUT2D eigenvalue weighted by atomic mass is 16.5. The molecule has 1 atom stereocenters. The van der Waals surface area contributed by atoms with Crippen LogP contribution in [0.4, 0.5) is 10.5 Å².